The number of halogens is 1. The van der Waals surface area contributed by atoms with Crippen molar-refractivity contribution in [2.75, 3.05) is 0 Å². The lowest BCUT2D eigenvalue weighted by Gasteiger charge is -2.11. The highest BCUT2D eigenvalue weighted by Gasteiger charge is 2.30. The maximum absolute atomic E-state index is 12.1. The quantitative estimate of drug-likeness (QED) is 0.340. The molecular weight excluding hydrogens is 418 g/mol. The third-order valence-corrected chi connectivity index (χ3v) is 6.48. The van der Waals surface area contributed by atoms with Crippen LogP contribution < -0.4 is 14.9 Å². The Bertz CT molecular complexity index is 1300. The molecule has 1 aliphatic rings. The molecule has 5 heteroatoms. The van der Waals surface area contributed by atoms with Crippen LogP contribution in [0, 0.1) is 13.8 Å². The fraction of sp³-hybridized carbons (Fsp3) is 0.217. The van der Waals surface area contributed by atoms with Gasteiger partial charge in [-0.15, -0.1) is 0 Å². The van der Waals surface area contributed by atoms with Crippen LogP contribution in [0.1, 0.15) is 16.7 Å². The van der Waals surface area contributed by atoms with Crippen LogP contribution in [0.25, 0.3) is 21.9 Å². The topological polar surface area (TPSA) is 43.3 Å². The van der Waals surface area contributed by atoms with Gasteiger partial charge in [-0.2, -0.15) is 4.57 Å². The van der Waals surface area contributed by atoms with Gasteiger partial charge in [0, 0.05) is 34.9 Å². The van der Waals surface area contributed by atoms with E-state index < -0.39 is 0 Å². The smallest absolute Gasteiger partial charge is 0.350 e. The molecule has 3 heterocycles. The molecular formula is C23H19BrNO3+. The van der Waals surface area contributed by atoms with Gasteiger partial charge in [-0.3, -0.25) is 0 Å². The number of aryl methyl sites for hydroxylation is 2. The van der Waals surface area contributed by atoms with Crippen molar-refractivity contribution in [2.45, 2.75) is 32.9 Å². The molecule has 28 heavy (non-hydrogen) atoms. The van der Waals surface area contributed by atoms with Crippen molar-refractivity contribution in [2.24, 2.45) is 0 Å². The number of hydrogen-bond acceptors (Lipinski definition) is 3. The highest BCUT2D eigenvalue weighted by Crippen LogP contribution is 2.39. The summed E-state index contributed by atoms with van der Waals surface area (Å²) in [5.41, 5.74) is 4.42. The first-order valence-corrected chi connectivity index (χ1v) is 10.1. The number of ether oxygens (including phenoxy) is 1. The van der Waals surface area contributed by atoms with Crippen LogP contribution in [0.5, 0.6) is 5.75 Å². The number of nitrogens with zero attached hydrogens (tertiary/aromatic N) is 1. The zero-order valence-corrected chi connectivity index (χ0v) is 17.2. The first kappa shape index (κ1) is 17.4. The fourth-order valence-corrected chi connectivity index (χ4v) is 4.44. The Hall–Kier alpha value is -2.66. The van der Waals surface area contributed by atoms with Crippen LogP contribution in [0.15, 0.2) is 62.3 Å². The minimum absolute atomic E-state index is 0.0387. The Balaban J connectivity index is 1.55. The molecule has 0 fully saturated rings. The largest absolute Gasteiger partial charge is 0.483 e. The van der Waals surface area contributed by atoms with E-state index in [1.807, 2.05) is 13.8 Å². The van der Waals surface area contributed by atoms with Crippen LogP contribution in [-0.4, -0.2) is 6.10 Å². The lowest BCUT2D eigenvalue weighted by molar-refractivity contribution is -0.677. The van der Waals surface area contributed by atoms with E-state index >= 15 is 0 Å². The van der Waals surface area contributed by atoms with E-state index in [0.29, 0.717) is 10.1 Å². The third kappa shape index (κ3) is 2.65. The van der Waals surface area contributed by atoms with Gasteiger partial charge < -0.3 is 9.15 Å². The first-order valence-electron chi connectivity index (χ1n) is 9.32. The number of aromatic nitrogens is 1. The van der Waals surface area contributed by atoms with Crippen molar-refractivity contribution in [1.29, 1.82) is 0 Å². The molecule has 1 unspecified atom stereocenters. The molecule has 4 aromatic rings. The molecule has 4 nitrogen and oxygen atoms in total. The van der Waals surface area contributed by atoms with Gasteiger partial charge in [-0.25, -0.2) is 4.79 Å². The summed E-state index contributed by atoms with van der Waals surface area (Å²) in [4.78, 5) is 12.1. The number of para-hydroxylation sites is 1. The summed E-state index contributed by atoms with van der Waals surface area (Å²) in [7, 11) is 0. The predicted octanol–water partition coefficient (Wildman–Crippen LogP) is 4.62. The Kier molecular flexibility index (Phi) is 4.02. The Morgan fingerprint density at radius 3 is 2.79 bits per heavy atom. The summed E-state index contributed by atoms with van der Waals surface area (Å²) in [6, 6.07) is 14.7. The predicted molar refractivity (Wildman–Crippen MR) is 112 cm³/mol. The number of benzene rings is 2. The summed E-state index contributed by atoms with van der Waals surface area (Å²) >= 11 is 3.34. The van der Waals surface area contributed by atoms with E-state index in [1.165, 1.54) is 16.5 Å². The summed E-state index contributed by atoms with van der Waals surface area (Å²) in [6.07, 6.45) is 2.97. The van der Waals surface area contributed by atoms with E-state index in [9.17, 15) is 4.79 Å². The second kappa shape index (κ2) is 6.45. The Morgan fingerprint density at radius 1 is 1.14 bits per heavy atom. The van der Waals surface area contributed by atoms with Gasteiger partial charge in [0.15, 0.2) is 18.8 Å². The van der Waals surface area contributed by atoms with E-state index in [1.54, 1.807) is 0 Å². The number of fused-ring (bicyclic) bond motifs is 3. The Morgan fingerprint density at radius 2 is 1.93 bits per heavy atom. The second-order valence-corrected chi connectivity index (χ2v) is 8.15. The number of hydrogen-bond donors (Lipinski definition) is 0. The van der Waals surface area contributed by atoms with Gasteiger partial charge in [0.2, 0.25) is 5.52 Å². The molecule has 1 aliphatic heterocycles. The number of rotatable bonds is 2. The van der Waals surface area contributed by atoms with Crippen molar-refractivity contribution >= 4 is 37.8 Å². The van der Waals surface area contributed by atoms with Crippen molar-refractivity contribution in [3.05, 3.63) is 80.2 Å². The molecule has 5 rings (SSSR count). The summed E-state index contributed by atoms with van der Waals surface area (Å²) < 4.78 is 14.6. The maximum atomic E-state index is 12.1. The molecule has 1 atom stereocenters. The molecule has 0 saturated carbocycles. The van der Waals surface area contributed by atoms with E-state index in [0.717, 1.165) is 35.2 Å². The minimum atomic E-state index is -0.353. The molecule has 0 N–H and O–H groups in total. The van der Waals surface area contributed by atoms with Crippen molar-refractivity contribution in [3.8, 4) is 5.75 Å². The van der Waals surface area contributed by atoms with Gasteiger partial charge >= 0.3 is 5.63 Å². The lowest BCUT2D eigenvalue weighted by Crippen LogP contribution is -2.41. The fourth-order valence-electron chi connectivity index (χ4n) is 4.14. The van der Waals surface area contributed by atoms with Gasteiger partial charge in [0.05, 0.1) is 0 Å². The molecule has 2 aromatic heterocycles. The van der Waals surface area contributed by atoms with Gasteiger partial charge in [-0.1, -0.05) is 12.1 Å². The van der Waals surface area contributed by atoms with E-state index in [4.69, 9.17) is 9.15 Å². The van der Waals surface area contributed by atoms with Crippen molar-refractivity contribution in [3.63, 3.8) is 0 Å². The van der Waals surface area contributed by atoms with Gasteiger partial charge in [0.1, 0.15) is 15.8 Å². The van der Waals surface area contributed by atoms with Crippen molar-refractivity contribution < 1.29 is 13.7 Å². The highest BCUT2D eigenvalue weighted by atomic mass is 79.9. The molecule has 0 spiro atoms. The summed E-state index contributed by atoms with van der Waals surface area (Å²) in [5.74, 6) is 0.850. The first-order chi connectivity index (χ1) is 13.5. The third-order valence-electron chi connectivity index (χ3n) is 5.56. The van der Waals surface area contributed by atoms with Crippen LogP contribution in [-0.2, 0) is 13.0 Å². The van der Waals surface area contributed by atoms with E-state index in [2.05, 4.69) is 69.2 Å². The Labute approximate surface area is 170 Å². The lowest BCUT2D eigenvalue weighted by atomic mass is 10.0. The van der Waals surface area contributed by atoms with Crippen LogP contribution in [0.4, 0.5) is 0 Å². The molecule has 140 valence electrons. The SMILES string of the molecule is Cc1c(Br)c(=O)oc2c(C)c3c(cc12)CC(C[n+]1cccc2ccccc21)O3. The summed E-state index contributed by atoms with van der Waals surface area (Å²) in [5, 5.41) is 2.18. The minimum Gasteiger partial charge on any atom is -0.483 e. The zero-order valence-electron chi connectivity index (χ0n) is 15.7. The molecule has 0 amide bonds. The highest BCUT2D eigenvalue weighted by molar-refractivity contribution is 9.10. The van der Waals surface area contributed by atoms with Gasteiger partial charge in [0.25, 0.3) is 0 Å². The molecule has 2 aromatic carbocycles. The average Bonchev–Trinajstić information content (AvgIpc) is 3.11. The van der Waals surface area contributed by atoms with Crippen LogP contribution in [0.2, 0.25) is 0 Å². The van der Waals surface area contributed by atoms with Crippen LogP contribution in [0.3, 0.4) is 0 Å². The average molecular weight is 437 g/mol. The molecule has 0 bridgehead atoms. The molecule has 0 radical (unpaired) electrons. The standard InChI is InChI=1S/C23H19BrNO3/c1-13-18-11-16-10-17(12-25-9-5-7-15-6-3-4-8-19(15)25)27-21(16)14(2)22(18)28-23(26)20(13)24/h3-9,11,17H,10,12H2,1-2H3/q+1. The normalized spacial score (nSPS) is 15.8. The molecule has 0 saturated heterocycles. The van der Waals surface area contributed by atoms with E-state index in [-0.39, 0.29) is 11.7 Å². The van der Waals surface area contributed by atoms with Gasteiger partial charge in [-0.05, 0) is 59.1 Å². The van der Waals surface area contributed by atoms with Crippen molar-refractivity contribution in [1.82, 2.24) is 0 Å². The molecule has 0 aliphatic carbocycles. The zero-order chi connectivity index (χ0) is 19.4. The monoisotopic (exact) mass is 436 g/mol. The second-order valence-electron chi connectivity index (χ2n) is 7.36. The maximum Gasteiger partial charge on any atom is 0.350 e. The number of pyridine rings is 1. The summed E-state index contributed by atoms with van der Waals surface area (Å²) in [6.45, 7) is 4.66. The van der Waals surface area contributed by atoms with Crippen LogP contribution >= 0.6 is 15.9 Å².